The van der Waals surface area contributed by atoms with Crippen molar-refractivity contribution in [3.8, 4) is 22.9 Å². The molecule has 0 amide bonds. The molecule has 0 atom stereocenters. The van der Waals surface area contributed by atoms with Crippen molar-refractivity contribution in [2.75, 3.05) is 20.8 Å². The number of nitrogens with zero attached hydrogens (tertiary/aromatic N) is 4. The minimum Gasteiger partial charge on any atom is -0.493 e. The first-order valence-corrected chi connectivity index (χ1v) is 8.82. The fraction of sp³-hybridized carbons (Fsp3) is 0.211. The lowest BCUT2D eigenvalue weighted by Crippen LogP contribution is -2.19. The Hall–Kier alpha value is -3.46. The van der Waals surface area contributed by atoms with Crippen molar-refractivity contribution in [3.63, 3.8) is 0 Å². The second-order valence-corrected chi connectivity index (χ2v) is 6.24. The predicted octanol–water partition coefficient (Wildman–Crippen LogP) is 2.44. The zero-order chi connectivity index (χ0) is 20.8. The molecular weight excluding hydrogens is 400 g/mol. The molecule has 0 saturated heterocycles. The normalized spacial score (nSPS) is 10.4. The standard InChI is InChI=1S/C19H17ClN4O5/c1-27-16-8-5-13(9-17(16)28-2)19-21-23-24(22-19)10-18(26)29-11-15(25)12-3-6-14(20)7-4-12/h3-9H,10-11H2,1-2H3. The van der Waals surface area contributed by atoms with E-state index in [1.165, 1.54) is 14.2 Å². The van der Waals surface area contributed by atoms with Gasteiger partial charge in [0.1, 0.15) is 0 Å². The lowest BCUT2D eigenvalue weighted by molar-refractivity contribution is -0.143. The Morgan fingerprint density at radius 2 is 1.76 bits per heavy atom. The second-order valence-electron chi connectivity index (χ2n) is 5.80. The van der Waals surface area contributed by atoms with Crippen LogP contribution in [-0.4, -0.2) is 52.8 Å². The zero-order valence-electron chi connectivity index (χ0n) is 15.7. The van der Waals surface area contributed by atoms with Gasteiger partial charge in [0.25, 0.3) is 0 Å². The highest BCUT2D eigenvalue weighted by atomic mass is 35.5. The molecule has 3 rings (SSSR count). The van der Waals surface area contributed by atoms with E-state index in [-0.39, 0.29) is 12.3 Å². The first-order valence-electron chi connectivity index (χ1n) is 8.44. The quantitative estimate of drug-likeness (QED) is 0.407. The molecule has 10 heteroatoms. The van der Waals surface area contributed by atoms with E-state index in [9.17, 15) is 9.59 Å². The number of esters is 1. The number of Topliss-reactive ketones (excluding diaryl/α,β-unsaturated/α-hetero) is 1. The van der Waals surface area contributed by atoms with Gasteiger partial charge in [-0.2, -0.15) is 4.80 Å². The van der Waals surface area contributed by atoms with Crippen molar-refractivity contribution >= 4 is 23.4 Å². The number of benzene rings is 2. The minimum absolute atomic E-state index is 0.284. The van der Waals surface area contributed by atoms with Crippen LogP contribution in [0.5, 0.6) is 11.5 Å². The largest absolute Gasteiger partial charge is 0.493 e. The van der Waals surface area contributed by atoms with Crippen molar-refractivity contribution in [2.24, 2.45) is 0 Å². The molecule has 3 aromatic rings. The van der Waals surface area contributed by atoms with Crippen LogP contribution < -0.4 is 9.47 Å². The van der Waals surface area contributed by atoms with Crippen LogP contribution >= 0.6 is 11.6 Å². The highest BCUT2D eigenvalue weighted by Gasteiger charge is 2.14. The Labute approximate surface area is 171 Å². The summed E-state index contributed by atoms with van der Waals surface area (Å²) in [5.74, 6) is 0.381. The van der Waals surface area contributed by atoms with Gasteiger partial charge in [0.15, 0.2) is 30.4 Å². The fourth-order valence-corrected chi connectivity index (χ4v) is 2.55. The summed E-state index contributed by atoms with van der Waals surface area (Å²) in [6.45, 7) is -0.675. The number of methoxy groups -OCH3 is 2. The molecule has 0 bridgehead atoms. The van der Waals surface area contributed by atoms with Gasteiger partial charge in [0, 0.05) is 16.1 Å². The van der Waals surface area contributed by atoms with E-state index >= 15 is 0 Å². The molecule has 150 valence electrons. The van der Waals surface area contributed by atoms with Crippen molar-refractivity contribution in [2.45, 2.75) is 6.54 Å². The van der Waals surface area contributed by atoms with Crippen LogP contribution in [0.1, 0.15) is 10.4 Å². The van der Waals surface area contributed by atoms with Gasteiger partial charge in [0.05, 0.1) is 14.2 Å². The summed E-state index contributed by atoms with van der Waals surface area (Å²) in [5, 5.41) is 12.4. The molecule has 29 heavy (non-hydrogen) atoms. The second kappa shape index (κ2) is 9.16. The molecule has 1 aromatic heterocycles. The molecule has 9 nitrogen and oxygen atoms in total. The SMILES string of the molecule is COc1ccc(-c2nnn(CC(=O)OCC(=O)c3ccc(Cl)cc3)n2)cc1OC. The summed E-state index contributed by atoms with van der Waals surface area (Å²) < 4.78 is 15.4. The van der Waals surface area contributed by atoms with Gasteiger partial charge < -0.3 is 14.2 Å². The number of halogens is 1. The van der Waals surface area contributed by atoms with Crippen LogP contribution in [-0.2, 0) is 16.1 Å². The van der Waals surface area contributed by atoms with Gasteiger partial charge in [-0.1, -0.05) is 11.6 Å². The summed E-state index contributed by atoms with van der Waals surface area (Å²) in [7, 11) is 3.06. The van der Waals surface area contributed by atoms with Crippen molar-refractivity contribution in [3.05, 3.63) is 53.1 Å². The van der Waals surface area contributed by atoms with Crippen LogP contribution in [0.2, 0.25) is 5.02 Å². The van der Waals surface area contributed by atoms with Crippen LogP contribution in [0.4, 0.5) is 0 Å². The Kier molecular flexibility index (Phi) is 6.40. The number of rotatable bonds is 8. The summed E-state index contributed by atoms with van der Waals surface area (Å²) >= 11 is 5.78. The number of hydrogen-bond donors (Lipinski definition) is 0. The van der Waals surface area contributed by atoms with Gasteiger partial charge >= 0.3 is 5.97 Å². The Bertz CT molecular complexity index is 1020. The van der Waals surface area contributed by atoms with E-state index in [4.69, 9.17) is 25.8 Å². The lowest BCUT2D eigenvalue weighted by atomic mass is 10.1. The van der Waals surface area contributed by atoms with Crippen molar-refractivity contribution in [1.29, 1.82) is 0 Å². The summed E-state index contributed by atoms with van der Waals surface area (Å²) in [5.41, 5.74) is 1.04. The summed E-state index contributed by atoms with van der Waals surface area (Å²) in [4.78, 5) is 25.1. The van der Waals surface area contributed by atoms with Gasteiger partial charge in [-0.25, -0.2) is 4.79 Å². The number of aromatic nitrogens is 4. The molecule has 0 radical (unpaired) electrons. The zero-order valence-corrected chi connectivity index (χ0v) is 16.4. The number of ketones is 1. The topological polar surface area (TPSA) is 105 Å². The maximum atomic E-state index is 12.0. The number of tetrazole rings is 1. The van der Waals surface area contributed by atoms with Crippen LogP contribution in [0.25, 0.3) is 11.4 Å². The van der Waals surface area contributed by atoms with E-state index in [1.807, 2.05) is 0 Å². The summed E-state index contributed by atoms with van der Waals surface area (Å²) in [6.07, 6.45) is 0. The molecule has 0 aliphatic rings. The fourth-order valence-electron chi connectivity index (χ4n) is 2.43. The number of ether oxygens (including phenoxy) is 3. The lowest BCUT2D eigenvalue weighted by Gasteiger charge is -2.07. The molecule has 0 saturated carbocycles. The Morgan fingerprint density at radius 3 is 2.45 bits per heavy atom. The third-order valence-electron chi connectivity index (χ3n) is 3.90. The highest BCUT2D eigenvalue weighted by Crippen LogP contribution is 2.30. The van der Waals surface area contributed by atoms with Crippen LogP contribution in [0.15, 0.2) is 42.5 Å². The molecule has 0 fully saturated rings. The third-order valence-corrected chi connectivity index (χ3v) is 4.15. The molecule has 2 aromatic carbocycles. The van der Waals surface area contributed by atoms with Crippen molar-refractivity contribution < 1.29 is 23.8 Å². The molecule has 0 N–H and O–H groups in total. The summed E-state index contributed by atoms with van der Waals surface area (Å²) in [6, 6.07) is 11.5. The minimum atomic E-state index is -0.663. The van der Waals surface area contributed by atoms with Gasteiger partial charge in [-0.3, -0.25) is 4.79 Å². The average Bonchev–Trinajstić information content (AvgIpc) is 3.20. The smallest absolute Gasteiger partial charge is 0.330 e. The van der Waals surface area contributed by atoms with E-state index in [1.54, 1.807) is 42.5 Å². The third kappa shape index (κ3) is 5.08. The first kappa shape index (κ1) is 20.3. The molecule has 0 unspecified atom stereocenters. The van der Waals surface area contributed by atoms with Crippen LogP contribution in [0, 0.1) is 0 Å². The maximum absolute atomic E-state index is 12.0. The maximum Gasteiger partial charge on any atom is 0.330 e. The van der Waals surface area contributed by atoms with E-state index in [0.717, 1.165) is 4.80 Å². The van der Waals surface area contributed by atoms with Gasteiger partial charge in [-0.15, -0.1) is 10.2 Å². The van der Waals surface area contributed by atoms with Crippen LogP contribution in [0.3, 0.4) is 0 Å². The molecular formula is C19H17ClN4O5. The number of hydrogen-bond acceptors (Lipinski definition) is 8. The first-order chi connectivity index (χ1) is 14.0. The Balaban J connectivity index is 1.59. The molecule has 0 aliphatic carbocycles. The Morgan fingerprint density at radius 1 is 1.03 bits per heavy atom. The number of carbonyl (C=O) groups is 2. The monoisotopic (exact) mass is 416 g/mol. The van der Waals surface area contributed by atoms with E-state index in [0.29, 0.717) is 33.5 Å². The molecule has 0 spiro atoms. The van der Waals surface area contributed by atoms with Gasteiger partial charge in [-0.05, 0) is 47.7 Å². The number of carbonyl (C=O) groups excluding carboxylic acids is 2. The highest BCUT2D eigenvalue weighted by molar-refractivity contribution is 6.30. The average molecular weight is 417 g/mol. The van der Waals surface area contributed by atoms with Gasteiger partial charge in [0.2, 0.25) is 5.82 Å². The predicted molar refractivity (Wildman–Crippen MR) is 103 cm³/mol. The van der Waals surface area contributed by atoms with Crippen molar-refractivity contribution in [1.82, 2.24) is 20.2 Å². The molecule has 0 aliphatic heterocycles. The van der Waals surface area contributed by atoms with E-state index in [2.05, 4.69) is 15.4 Å². The molecule has 1 heterocycles. The van der Waals surface area contributed by atoms with E-state index < -0.39 is 12.6 Å².